The fraction of sp³-hybridized carbons (Fsp3) is 0.222. The zero-order chi connectivity index (χ0) is 16.9. The second kappa shape index (κ2) is 7.04. The fourth-order valence-electron chi connectivity index (χ4n) is 2.26. The van der Waals surface area contributed by atoms with Crippen molar-refractivity contribution >= 4 is 28.3 Å². The normalized spacial score (nSPS) is 11.9. The lowest BCUT2D eigenvalue weighted by Crippen LogP contribution is -2.32. The van der Waals surface area contributed by atoms with Crippen LogP contribution in [-0.2, 0) is 0 Å². The number of para-hydroxylation sites is 1. The van der Waals surface area contributed by atoms with Gasteiger partial charge in [0.25, 0.3) is 5.91 Å². The van der Waals surface area contributed by atoms with Crippen molar-refractivity contribution in [2.24, 2.45) is 0 Å². The number of anilines is 2. The number of carbonyl (C=O) groups is 1. The van der Waals surface area contributed by atoms with E-state index >= 15 is 0 Å². The summed E-state index contributed by atoms with van der Waals surface area (Å²) in [7, 11) is 0. The van der Waals surface area contributed by atoms with Crippen molar-refractivity contribution in [1.82, 2.24) is 20.5 Å². The van der Waals surface area contributed by atoms with Crippen LogP contribution in [0.1, 0.15) is 30.8 Å². The first-order valence-corrected chi connectivity index (χ1v) is 7.92. The topological polar surface area (TPSA) is 79.8 Å². The second-order valence-electron chi connectivity index (χ2n) is 5.59. The molecule has 6 heteroatoms. The zero-order valence-electron chi connectivity index (χ0n) is 13.7. The van der Waals surface area contributed by atoms with E-state index in [1.54, 1.807) is 18.3 Å². The molecule has 0 aliphatic heterocycles. The Bertz CT molecular complexity index is 842. The van der Waals surface area contributed by atoms with Crippen LogP contribution < -0.4 is 10.6 Å². The van der Waals surface area contributed by atoms with E-state index in [1.165, 1.54) is 0 Å². The van der Waals surface area contributed by atoms with Crippen molar-refractivity contribution in [3.63, 3.8) is 0 Å². The van der Waals surface area contributed by atoms with Crippen molar-refractivity contribution in [1.29, 1.82) is 0 Å². The summed E-state index contributed by atoms with van der Waals surface area (Å²) in [5.74, 6) is 0.350. The van der Waals surface area contributed by atoms with E-state index in [0.29, 0.717) is 11.5 Å². The molecule has 2 aromatic heterocycles. The van der Waals surface area contributed by atoms with Gasteiger partial charge in [0.2, 0.25) is 0 Å². The molecule has 0 saturated carbocycles. The fourth-order valence-corrected chi connectivity index (χ4v) is 2.26. The Morgan fingerprint density at radius 2 is 1.96 bits per heavy atom. The average Bonchev–Trinajstić information content (AvgIpc) is 2.62. The quantitative estimate of drug-likeness (QED) is 0.754. The maximum absolute atomic E-state index is 12.0. The summed E-state index contributed by atoms with van der Waals surface area (Å²) in [6.07, 6.45) is 2.62. The van der Waals surface area contributed by atoms with Gasteiger partial charge in [-0.05, 0) is 37.6 Å². The number of nitrogens with one attached hydrogen (secondary N) is 2. The highest BCUT2D eigenvalue weighted by atomic mass is 16.2. The number of benzene rings is 1. The van der Waals surface area contributed by atoms with Crippen molar-refractivity contribution in [3.05, 3.63) is 54.4 Å². The molecule has 0 spiro atoms. The first-order chi connectivity index (χ1) is 11.7. The molecule has 0 saturated heterocycles. The van der Waals surface area contributed by atoms with Gasteiger partial charge in [0, 0.05) is 17.6 Å². The van der Waals surface area contributed by atoms with Crippen LogP contribution in [-0.4, -0.2) is 27.1 Å². The summed E-state index contributed by atoms with van der Waals surface area (Å²) in [5.41, 5.74) is 2.01. The van der Waals surface area contributed by atoms with Gasteiger partial charge in [-0.15, -0.1) is 10.2 Å². The summed E-state index contributed by atoms with van der Waals surface area (Å²) in [5, 5.41) is 15.2. The molecule has 3 aromatic rings. The molecule has 3 rings (SSSR count). The van der Waals surface area contributed by atoms with Crippen LogP contribution in [0.2, 0.25) is 0 Å². The van der Waals surface area contributed by atoms with Crippen molar-refractivity contribution in [3.8, 4) is 0 Å². The third-order valence-corrected chi connectivity index (χ3v) is 3.78. The molecule has 6 nitrogen and oxygen atoms in total. The minimum absolute atomic E-state index is 0.110. The van der Waals surface area contributed by atoms with Crippen LogP contribution >= 0.6 is 0 Å². The number of pyridine rings is 1. The van der Waals surface area contributed by atoms with Crippen molar-refractivity contribution < 1.29 is 4.79 Å². The molecule has 1 amide bonds. The van der Waals surface area contributed by atoms with E-state index in [-0.39, 0.29) is 11.9 Å². The molecule has 1 unspecified atom stereocenters. The Morgan fingerprint density at radius 3 is 2.71 bits per heavy atom. The predicted molar refractivity (Wildman–Crippen MR) is 94.3 cm³/mol. The molecule has 0 fully saturated rings. The number of amides is 1. The Labute approximate surface area is 140 Å². The first-order valence-electron chi connectivity index (χ1n) is 7.92. The monoisotopic (exact) mass is 321 g/mol. The highest BCUT2D eigenvalue weighted by molar-refractivity contribution is 5.93. The standard InChI is InChI=1S/C18H19N5O/c1-3-12(2)20-18(24)15-9-10-16(23-22-15)21-14-8-4-6-13-7-5-11-19-17(13)14/h4-12H,3H2,1-2H3,(H,20,24)(H,21,23). The highest BCUT2D eigenvalue weighted by Crippen LogP contribution is 2.23. The summed E-state index contributed by atoms with van der Waals surface area (Å²) in [6.45, 7) is 3.97. The van der Waals surface area contributed by atoms with Crippen LogP contribution in [0.15, 0.2) is 48.7 Å². The lowest BCUT2D eigenvalue weighted by atomic mass is 10.2. The van der Waals surface area contributed by atoms with Gasteiger partial charge in [0.1, 0.15) is 0 Å². The third-order valence-electron chi connectivity index (χ3n) is 3.78. The number of carbonyl (C=O) groups excluding carboxylic acids is 1. The molecule has 0 aliphatic rings. The zero-order valence-corrected chi connectivity index (χ0v) is 13.7. The maximum Gasteiger partial charge on any atom is 0.272 e. The highest BCUT2D eigenvalue weighted by Gasteiger charge is 2.11. The Balaban J connectivity index is 1.77. The van der Waals surface area contributed by atoms with E-state index in [2.05, 4.69) is 25.8 Å². The number of rotatable bonds is 5. The molecular formula is C18H19N5O. The van der Waals surface area contributed by atoms with Crippen LogP contribution in [0.4, 0.5) is 11.5 Å². The average molecular weight is 321 g/mol. The third kappa shape index (κ3) is 3.48. The molecule has 24 heavy (non-hydrogen) atoms. The minimum Gasteiger partial charge on any atom is -0.348 e. The predicted octanol–water partition coefficient (Wildman–Crippen LogP) is 3.30. The number of nitrogens with zero attached hydrogens (tertiary/aromatic N) is 3. The molecule has 0 aliphatic carbocycles. The van der Waals surface area contributed by atoms with Crippen molar-refractivity contribution in [2.45, 2.75) is 26.3 Å². The van der Waals surface area contributed by atoms with Crippen LogP contribution in [0.5, 0.6) is 0 Å². The Morgan fingerprint density at radius 1 is 1.12 bits per heavy atom. The van der Waals surface area contributed by atoms with E-state index < -0.39 is 0 Å². The minimum atomic E-state index is -0.213. The number of fused-ring (bicyclic) bond motifs is 1. The van der Waals surface area contributed by atoms with Crippen molar-refractivity contribution in [2.75, 3.05) is 5.32 Å². The van der Waals surface area contributed by atoms with Crippen LogP contribution in [0.25, 0.3) is 10.9 Å². The van der Waals surface area contributed by atoms with E-state index in [9.17, 15) is 4.79 Å². The van der Waals surface area contributed by atoms with Gasteiger partial charge >= 0.3 is 0 Å². The van der Waals surface area contributed by atoms with Crippen LogP contribution in [0, 0.1) is 0 Å². The molecular weight excluding hydrogens is 302 g/mol. The molecule has 1 aromatic carbocycles. The summed E-state index contributed by atoms with van der Waals surface area (Å²) < 4.78 is 0. The Hall–Kier alpha value is -3.02. The summed E-state index contributed by atoms with van der Waals surface area (Å²) >= 11 is 0. The van der Waals surface area contributed by atoms with E-state index in [0.717, 1.165) is 23.0 Å². The van der Waals surface area contributed by atoms with Crippen LogP contribution in [0.3, 0.4) is 0 Å². The molecule has 2 heterocycles. The SMILES string of the molecule is CCC(C)NC(=O)c1ccc(Nc2cccc3cccnc23)nn1. The van der Waals surface area contributed by atoms with Gasteiger partial charge in [-0.3, -0.25) is 9.78 Å². The number of hydrogen-bond donors (Lipinski definition) is 2. The second-order valence-corrected chi connectivity index (χ2v) is 5.59. The largest absolute Gasteiger partial charge is 0.348 e. The molecule has 1 atom stereocenters. The molecule has 0 bridgehead atoms. The van der Waals surface area contributed by atoms with Gasteiger partial charge in [-0.1, -0.05) is 25.1 Å². The maximum atomic E-state index is 12.0. The van der Waals surface area contributed by atoms with E-state index in [1.807, 2.05) is 44.2 Å². The summed E-state index contributed by atoms with van der Waals surface area (Å²) in [6, 6.07) is 13.3. The van der Waals surface area contributed by atoms with Gasteiger partial charge < -0.3 is 10.6 Å². The van der Waals surface area contributed by atoms with Gasteiger partial charge in [0.05, 0.1) is 11.2 Å². The first kappa shape index (κ1) is 15.9. The summed E-state index contributed by atoms with van der Waals surface area (Å²) in [4.78, 5) is 16.4. The van der Waals surface area contributed by atoms with Gasteiger partial charge in [-0.2, -0.15) is 0 Å². The molecule has 0 radical (unpaired) electrons. The number of aromatic nitrogens is 3. The van der Waals surface area contributed by atoms with Gasteiger partial charge in [-0.25, -0.2) is 0 Å². The Kier molecular flexibility index (Phi) is 4.65. The molecule has 2 N–H and O–H groups in total. The van der Waals surface area contributed by atoms with E-state index in [4.69, 9.17) is 0 Å². The number of hydrogen-bond acceptors (Lipinski definition) is 5. The van der Waals surface area contributed by atoms with Gasteiger partial charge in [0.15, 0.2) is 11.5 Å². The molecule has 122 valence electrons. The lowest BCUT2D eigenvalue weighted by molar-refractivity contribution is 0.0933. The lowest BCUT2D eigenvalue weighted by Gasteiger charge is -2.11. The smallest absolute Gasteiger partial charge is 0.272 e.